The number of nitrogens with two attached hydrogens (primary N) is 1. The molecule has 1 rings (SSSR count). The van der Waals surface area contributed by atoms with Gasteiger partial charge in [0, 0.05) is 19.8 Å². The van der Waals surface area contributed by atoms with Gasteiger partial charge in [0.15, 0.2) is 0 Å². The number of carbonyl (C=O) groups is 1. The van der Waals surface area contributed by atoms with E-state index >= 15 is 0 Å². The summed E-state index contributed by atoms with van der Waals surface area (Å²) in [7, 11) is 1.79. The van der Waals surface area contributed by atoms with Crippen molar-refractivity contribution in [2.24, 2.45) is 18.7 Å². The van der Waals surface area contributed by atoms with Gasteiger partial charge < -0.3 is 10.8 Å². The Morgan fingerprint density at radius 2 is 2.54 bits per heavy atom. The Bertz CT molecular complexity index is 295. The lowest BCUT2D eigenvalue weighted by atomic mass is 10.0. The molecule has 0 saturated heterocycles. The molecule has 3 N–H and O–H groups in total. The maximum Gasteiger partial charge on any atom is 0.308 e. The van der Waals surface area contributed by atoms with Gasteiger partial charge in [0.05, 0.1) is 12.1 Å². The minimum absolute atomic E-state index is 0.157. The van der Waals surface area contributed by atoms with Gasteiger partial charge in [-0.15, -0.1) is 0 Å². The summed E-state index contributed by atoms with van der Waals surface area (Å²) in [6.07, 6.45) is 3.90. The van der Waals surface area contributed by atoms with Crippen molar-refractivity contribution in [3.8, 4) is 0 Å². The van der Waals surface area contributed by atoms with Gasteiger partial charge in [-0.25, -0.2) is 0 Å². The highest BCUT2D eigenvalue weighted by atomic mass is 16.4. The molecule has 1 unspecified atom stereocenters. The van der Waals surface area contributed by atoms with Crippen LogP contribution >= 0.6 is 0 Å². The van der Waals surface area contributed by atoms with Crippen LogP contribution in [0.1, 0.15) is 5.56 Å². The third-order valence-electron chi connectivity index (χ3n) is 1.87. The van der Waals surface area contributed by atoms with Gasteiger partial charge in [-0.05, 0) is 12.0 Å². The van der Waals surface area contributed by atoms with Gasteiger partial charge >= 0.3 is 5.97 Å². The van der Waals surface area contributed by atoms with Crippen LogP contribution in [0.2, 0.25) is 0 Å². The van der Waals surface area contributed by atoms with Gasteiger partial charge in [-0.2, -0.15) is 5.10 Å². The Balaban J connectivity index is 2.61. The van der Waals surface area contributed by atoms with Gasteiger partial charge in [-0.1, -0.05) is 0 Å². The molecule has 0 saturated carbocycles. The number of rotatable bonds is 4. The molecule has 1 aromatic rings. The van der Waals surface area contributed by atoms with Crippen LogP contribution in [-0.4, -0.2) is 27.4 Å². The summed E-state index contributed by atoms with van der Waals surface area (Å²) in [5, 5.41) is 12.7. The van der Waals surface area contributed by atoms with Crippen molar-refractivity contribution in [1.82, 2.24) is 9.78 Å². The SMILES string of the molecule is Cn1cc(CC(CN)C(=O)O)cn1. The van der Waals surface area contributed by atoms with E-state index in [0.29, 0.717) is 6.42 Å². The normalized spacial score (nSPS) is 12.8. The molecule has 1 atom stereocenters. The second-order valence-electron chi connectivity index (χ2n) is 3.00. The summed E-state index contributed by atoms with van der Waals surface area (Å²) in [6, 6.07) is 0. The minimum Gasteiger partial charge on any atom is -0.481 e. The first-order chi connectivity index (χ1) is 6.13. The molecule has 0 radical (unpaired) electrons. The number of aliphatic carboxylic acids is 1. The minimum atomic E-state index is -0.855. The summed E-state index contributed by atoms with van der Waals surface area (Å²) in [4.78, 5) is 10.6. The lowest BCUT2D eigenvalue weighted by molar-refractivity contribution is -0.141. The van der Waals surface area contributed by atoms with E-state index < -0.39 is 11.9 Å². The van der Waals surface area contributed by atoms with Crippen LogP contribution in [0.5, 0.6) is 0 Å². The van der Waals surface area contributed by atoms with E-state index in [-0.39, 0.29) is 6.54 Å². The first kappa shape index (κ1) is 9.73. The zero-order valence-electron chi connectivity index (χ0n) is 7.47. The van der Waals surface area contributed by atoms with Crippen LogP contribution in [0.3, 0.4) is 0 Å². The van der Waals surface area contributed by atoms with E-state index in [1.54, 1.807) is 24.1 Å². The summed E-state index contributed by atoms with van der Waals surface area (Å²) in [5.74, 6) is -1.37. The number of aryl methyl sites for hydroxylation is 1. The Labute approximate surface area is 76.2 Å². The molecule has 1 aromatic heterocycles. The Hall–Kier alpha value is -1.36. The van der Waals surface area contributed by atoms with Crippen molar-refractivity contribution < 1.29 is 9.90 Å². The molecule has 13 heavy (non-hydrogen) atoms. The third kappa shape index (κ3) is 2.55. The van der Waals surface area contributed by atoms with Crippen LogP contribution in [0.15, 0.2) is 12.4 Å². The second-order valence-corrected chi connectivity index (χ2v) is 3.00. The largest absolute Gasteiger partial charge is 0.481 e. The smallest absolute Gasteiger partial charge is 0.308 e. The Kier molecular flexibility index (Phi) is 3.02. The van der Waals surface area contributed by atoms with Crippen molar-refractivity contribution in [3.63, 3.8) is 0 Å². The highest BCUT2D eigenvalue weighted by Gasteiger charge is 2.16. The van der Waals surface area contributed by atoms with Gasteiger partial charge in [0.1, 0.15) is 0 Å². The van der Waals surface area contributed by atoms with E-state index in [0.717, 1.165) is 5.56 Å². The number of aromatic nitrogens is 2. The summed E-state index contributed by atoms with van der Waals surface area (Å²) in [5.41, 5.74) is 6.22. The Morgan fingerprint density at radius 3 is 2.92 bits per heavy atom. The molecule has 0 aromatic carbocycles. The number of carboxylic acid groups (broad SMARTS) is 1. The second kappa shape index (κ2) is 4.04. The van der Waals surface area contributed by atoms with E-state index in [2.05, 4.69) is 5.10 Å². The molecule has 0 bridgehead atoms. The predicted molar refractivity (Wildman–Crippen MR) is 47.1 cm³/mol. The van der Waals surface area contributed by atoms with E-state index in [9.17, 15) is 4.79 Å². The molecule has 1 heterocycles. The first-order valence-electron chi connectivity index (χ1n) is 4.04. The van der Waals surface area contributed by atoms with Crippen LogP contribution in [0.25, 0.3) is 0 Å². The van der Waals surface area contributed by atoms with Crippen molar-refractivity contribution in [1.29, 1.82) is 0 Å². The van der Waals surface area contributed by atoms with Gasteiger partial charge in [-0.3, -0.25) is 9.48 Å². The molecule has 72 valence electrons. The summed E-state index contributed by atoms with van der Waals surface area (Å²) in [6.45, 7) is 0.157. The van der Waals surface area contributed by atoms with Crippen molar-refractivity contribution in [2.75, 3.05) is 6.54 Å². The van der Waals surface area contributed by atoms with E-state index in [4.69, 9.17) is 10.8 Å². The molecule has 0 aliphatic carbocycles. The predicted octanol–water partition coefficient (Wildman–Crippen LogP) is -0.378. The van der Waals surface area contributed by atoms with Crippen molar-refractivity contribution in [3.05, 3.63) is 18.0 Å². The zero-order chi connectivity index (χ0) is 9.84. The molecule has 0 amide bonds. The van der Waals surface area contributed by atoms with Crippen molar-refractivity contribution >= 4 is 5.97 Å². The van der Waals surface area contributed by atoms with Crippen molar-refractivity contribution in [2.45, 2.75) is 6.42 Å². The van der Waals surface area contributed by atoms with E-state index in [1.807, 2.05) is 0 Å². The first-order valence-corrected chi connectivity index (χ1v) is 4.04. The molecule has 0 spiro atoms. The van der Waals surface area contributed by atoms with Crippen LogP contribution in [0, 0.1) is 5.92 Å². The fourth-order valence-electron chi connectivity index (χ4n) is 1.13. The van der Waals surface area contributed by atoms with Crippen LogP contribution in [0.4, 0.5) is 0 Å². The zero-order valence-corrected chi connectivity index (χ0v) is 7.47. The lowest BCUT2D eigenvalue weighted by Gasteiger charge is -2.06. The maximum absolute atomic E-state index is 10.6. The third-order valence-corrected chi connectivity index (χ3v) is 1.87. The molecular formula is C8H13N3O2. The number of carboxylic acids is 1. The highest BCUT2D eigenvalue weighted by Crippen LogP contribution is 2.06. The monoisotopic (exact) mass is 183 g/mol. The van der Waals surface area contributed by atoms with Crippen LogP contribution < -0.4 is 5.73 Å². The molecule has 0 fully saturated rings. The lowest BCUT2D eigenvalue weighted by Crippen LogP contribution is -2.25. The Morgan fingerprint density at radius 1 is 1.85 bits per heavy atom. The molecule has 0 aliphatic heterocycles. The highest BCUT2D eigenvalue weighted by molar-refractivity contribution is 5.70. The number of hydrogen-bond acceptors (Lipinski definition) is 3. The fourth-order valence-corrected chi connectivity index (χ4v) is 1.13. The molecular weight excluding hydrogens is 170 g/mol. The summed E-state index contributed by atoms with van der Waals surface area (Å²) >= 11 is 0. The van der Waals surface area contributed by atoms with Gasteiger partial charge in [0.25, 0.3) is 0 Å². The molecule has 5 nitrogen and oxygen atoms in total. The topological polar surface area (TPSA) is 81.1 Å². The summed E-state index contributed by atoms with van der Waals surface area (Å²) < 4.78 is 1.64. The van der Waals surface area contributed by atoms with Gasteiger partial charge in [0.2, 0.25) is 0 Å². The average molecular weight is 183 g/mol. The van der Waals surface area contributed by atoms with Crippen LogP contribution in [-0.2, 0) is 18.3 Å². The standard InChI is InChI=1S/C8H13N3O2/c1-11-5-6(4-10-11)2-7(3-9)8(12)13/h4-5,7H,2-3,9H2,1H3,(H,12,13). The molecule has 5 heteroatoms. The average Bonchev–Trinajstić information content (AvgIpc) is 2.46. The number of hydrogen-bond donors (Lipinski definition) is 2. The van der Waals surface area contributed by atoms with E-state index in [1.165, 1.54) is 0 Å². The molecule has 0 aliphatic rings. The fraction of sp³-hybridized carbons (Fsp3) is 0.500. The maximum atomic E-state index is 10.6. The number of nitrogens with zero attached hydrogens (tertiary/aromatic N) is 2. The quantitative estimate of drug-likeness (QED) is 0.666.